The van der Waals surface area contributed by atoms with E-state index in [9.17, 15) is 4.39 Å². The van der Waals surface area contributed by atoms with E-state index < -0.39 is 0 Å². The van der Waals surface area contributed by atoms with E-state index in [1.165, 1.54) is 0 Å². The van der Waals surface area contributed by atoms with Crippen molar-refractivity contribution in [1.29, 1.82) is 5.26 Å². The first-order valence-electron chi connectivity index (χ1n) is 6.53. The average Bonchev–Trinajstić information content (AvgIpc) is 2.47. The molecule has 0 aliphatic rings. The van der Waals surface area contributed by atoms with Gasteiger partial charge in [0.05, 0.1) is 17.2 Å². The molecule has 98 valence electrons. The molecular weight excluding hydrogens is 249 g/mol. The number of benzene rings is 2. The molecule has 2 rings (SSSR count). The minimum absolute atomic E-state index is 0.280. The van der Waals surface area contributed by atoms with Gasteiger partial charge in [-0.1, -0.05) is 31.3 Å². The molecule has 0 unspecified atom stereocenters. The van der Waals surface area contributed by atoms with Gasteiger partial charge < -0.3 is 0 Å². The third-order valence-electron chi connectivity index (χ3n) is 2.93. The SMILES string of the molecule is CCCc1ccc(C#Cc2ccc(C#N)cc2)c(F)c1. The molecule has 0 amide bonds. The molecule has 0 aromatic heterocycles. The van der Waals surface area contributed by atoms with E-state index in [-0.39, 0.29) is 5.82 Å². The van der Waals surface area contributed by atoms with Crippen molar-refractivity contribution in [2.75, 3.05) is 0 Å². The van der Waals surface area contributed by atoms with Crippen molar-refractivity contribution in [2.45, 2.75) is 19.8 Å². The predicted octanol–water partition coefficient (Wildman–Crippen LogP) is 4.05. The lowest BCUT2D eigenvalue weighted by Gasteiger charge is -2.00. The second-order valence-corrected chi connectivity index (χ2v) is 4.50. The van der Waals surface area contributed by atoms with Crippen molar-refractivity contribution < 1.29 is 4.39 Å². The van der Waals surface area contributed by atoms with Crippen LogP contribution in [0.15, 0.2) is 42.5 Å². The predicted molar refractivity (Wildman–Crippen MR) is 77.5 cm³/mol. The van der Waals surface area contributed by atoms with Crippen molar-refractivity contribution in [2.24, 2.45) is 0 Å². The molecular formula is C18H14FN. The van der Waals surface area contributed by atoms with Crippen LogP contribution in [0.2, 0.25) is 0 Å². The first kappa shape index (κ1) is 13.8. The Balaban J connectivity index is 2.21. The van der Waals surface area contributed by atoms with E-state index in [0.29, 0.717) is 11.1 Å². The molecule has 0 atom stereocenters. The largest absolute Gasteiger partial charge is 0.206 e. The normalized spacial score (nSPS) is 9.45. The van der Waals surface area contributed by atoms with Crippen molar-refractivity contribution in [3.63, 3.8) is 0 Å². The van der Waals surface area contributed by atoms with Gasteiger partial charge in [-0.05, 0) is 48.4 Å². The van der Waals surface area contributed by atoms with Gasteiger partial charge in [-0.25, -0.2) is 4.39 Å². The Morgan fingerprint density at radius 1 is 1.00 bits per heavy atom. The Hall–Kier alpha value is -2.58. The number of aryl methyl sites for hydroxylation is 1. The number of rotatable bonds is 2. The van der Waals surface area contributed by atoms with Crippen LogP contribution in [0.25, 0.3) is 0 Å². The van der Waals surface area contributed by atoms with Gasteiger partial charge in [0.1, 0.15) is 5.82 Å². The standard InChI is InChI=1S/C18H14FN/c1-2-3-15-9-11-17(18(19)12-15)10-8-14-4-6-16(13-20)7-5-14/h4-7,9,11-12H,2-3H2,1H3. The van der Waals surface area contributed by atoms with Crippen LogP contribution in [-0.2, 0) is 6.42 Å². The second-order valence-electron chi connectivity index (χ2n) is 4.50. The summed E-state index contributed by atoms with van der Waals surface area (Å²) in [5.74, 6) is 5.45. The molecule has 0 spiro atoms. The summed E-state index contributed by atoms with van der Waals surface area (Å²) in [4.78, 5) is 0. The molecule has 2 aromatic carbocycles. The molecule has 0 N–H and O–H groups in total. The molecule has 2 aromatic rings. The molecule has 0 fully saturated rings. The summed E-state index contributed by atoms with van der Waals surface area (Å²) in [7, 11) is 0. The van der Waals surface area contributed by atoms with E-state index in [4.69, 9.17) is 5.26 Å². The highest BCUT2D eigenvalue weighted by Crippen LogP contribution is 2.11. The highest BCUT2D eigenvalue weighted by Gasteiger charge is 2.00. The highest BCUT2D eigenvalue weighted by molar-refractivity contribution is 5.45. The van der Waals surface area contributed by atoms with Crippen molar-refractivity contribution in [1.82, 2.24) is 0 Å². The maximum Gasteiger partial charge on any atom is 0.139 e. The summed E-state index contributed by atoms with van der Waals surface area (Å²) in [6.45, 7) is 2.07. The summed E-state index contributed by atoms with van der Waals surface area (Å²) in [5.41, 5.74) is 2.75. The quantitative estimate of drug-likeness (QED) is 0.750. The Morgan fingerprint density at radius 2 is 1.70 bits per heavy atom. The van der Waals surface area contributed by atoms with Gasteiger partial charge in [0.15, 0.2) is 0 Å². The molecule has 0 radical (unpaired) electrons. The van der Waals surface area contributed by atoms with Gasteiger partial charge in [-0.2, -0.15) is 5.26 Å². The maximum atomic E-state index is 13.8. The van der Waals surface area contributed by atoms with Gasteiger partial charge in [0.25, 0.3) is 0 Å². The van der Waals surface area contributed by atoms with Crippen LogP contribution in [0.3, 0.4) is 0 Å². The minimum atomic E-state index is -0.280. The first-order valence-corrected chi connectivity index (χ1v) is 6.53. The Labute approximate surface area is 118 Å². The van der Waals surface area contributed by atoms with Gasteiger partial charge >= 0.3 is 0 Å². The highest BCUT2D eigenvalue weighted by atomic mass is 19.1. The minimum Gasteiger partial charge on any atom is -0.206 e. The average molecular weight is 263 g/mol. The van der Waals surface area contributed by atoms with Crippen LogP contribution < -0.4 is 0 Å². The van der Waals surface area contributed by atoms with E-state index >= 15 is 0 Å². The molecule has 20 heavy (non-hydrogen) atoms. The lowest BCUT2D eigenvalue weighted by molar-refractivity contribution is 0.621. The van der Waals surface area contributed by atoms with Gasteiger partial charge in [-0.15, -0.1) is 0 Å². The fraction of sp³-hybridized carbons (Fsp3) is 0.167. The fourth-order valence-corrected chi connectivity index (χ4v) is 1.87. The number of hydrogen-bond donors (Lipinski definition) is 0. The third kappa shape index (κ3) is 3.46. The Bertz CT molecular complexity index is 697. The summed E-state index contributed by atoms with van der Waals surface area (Å²) in [6, 6.07) is 14.1. The van der Waals surface area contributed by atoms with E-state index in [1.807, 2.05) is 12.1 Å². The maximum absolute atomic E-state index is 13.8. The second kappa shape index (κ2) is 6.55. The zero-order chi connectivity index (χ0) is 14.4. The van der Waals surface area contributed by atoms with Crippen LogP contribution in [0.5, 0.6) is 0 Å². The van der Waals surface area contributed by atoms with E-state index in [2.05, 4.69) is 18.8 Å². The lowest BCUT2D eigenvalue weighted by Crippen LogP contribution is -1.89. The van der Waals surface area contributed by atoms with Crippen LogP contribution in [0.1, 0.15) is 35.6 Å². The monoisotopic (exact) mass is 263 g/mol. The van der Waals surface area contributed by atoms with Gasteiger partial charge in [-0.3, -0.25) is 0 Å². The molecule has 0 saturated heterocycles. The first-order chi connectivity index (χ1) is 9.72. The smallest absolute Gasteiger partial charge is 0.139 e. The number of hydrogen-bond acceptors (Lipinski definition) is 1. The summed E-state index contributed by atoms with van der Waals surface area (Å²) in [6.07, 6.45) is 1.87. The fourth-order valence-electron chi connectivity index (χ4n) is 1.87. The Morgan fingerprint density at radius 3 is 2.30 bits per heavy atom. The summed E-state index contributed by atoms with van der Waals surface area (Å²) < 4.78 is 13.8. The summed E-state index contributed by atoms with van der Waals surface area (Å²) >= 11 is 0. The molecule has 1 nitrogen and oxygen atoms in total. The van der Waals surface area contributed by atoms with Crippen LogP contribution in [0, 0.1) is 29.0 Å². The van der Waals surface area contributed by atoms with Gasteiger partial charge in [0, 0.05) is 5.56 Å². The molecule has 2 heteroatoms. The summed E-state index contributed by atoms with van der Waals surface area (Å²) in [5, 5.41) is 8.71. The van der Waals surface area contributed by atoms with Crippen molar-refractivity contribution in [3.05, 3.63) is 70.5 Å². The zero-order valence-corrected chi connectivity index (χ0v) is 11.3. The topological polar surface area (TPSA) is 23.8 Å². The van der Waals surface area contributed by atoms with E-state index in [1.54, 1.807) is 36.4 Å². The Kier molecular flexibility index (Phi) is 4.53. The van der Waals surface area contributed by atoms with Gasteiger partial charge in [0.2, 0.25) is 0 Å². The molecule has 0 heterocycles. The van der Waals surface area contributed by atoms with Crippen molar-refractivity contribution in [3.8, 4) is 17.9 Å². The molecule has 0 saturated carbocycles. The van der Waals surface area contributed by atoms with E-state index in [0.717, 1.165) is 24.0 Å². The number of nitrogens with zero attached hydrogens (tertiary/aromatic N) is 1. The van der Waals surface area contributed by atoms with Crippen LogP contribution in [-0.4, -0.2) is 0 Å². The lowest BCUT2D eigenvalue weighted by atomic mass is 10.1. The molecule has 0 bridgehead atoms. The number of nitriles is 1. The van der Waals surface area contributed by atoms with Crippen LogP contribution >= 0.6 is 0 Å². The molecule has 0 aliphatic heterocycles. The number of halogens is 1. The van der Waals surface area contributed by atoms with Crippen LogP contribution in [0.4, 0.5) is 4.39 Å². The third-order valence-corrected chi connectivity index (χ3v) is 2.93. The molecule has 0 aliphatic carbocycles. The van der Waals surface area contributed by atoms with Crippen molar-refractivity contribution >= 4 is 0 Å². The zero-order valence-electron chi connectivity index (χ0n) is 11.3.